The van der Waals surface area contributed by atoms with Gasteiger partial charge in [0, 0.05) is 10.6 Å². The Balaban J connectivity index is 2.08. The zero-order valence-corrected chi connectivity index (χ0v) is 13.0. The second kappa shape index (κ2) is 6.76. The van der Waals surface area contributed by atoms with E-state index in [4.69, 9.17) is 11.6 Å². The average molecular weight is 325 g/mol. The molecule has 0 saturated heterocycles. The van der Waals surface area contributed by atoms with Crippen LogP contribution >= 0.6 is 11.6 Å². The van der Waals surface area contributed by atoms with Crippen LogP contribution in [0.25, 0.3) is 0 Å². The summed E-state index contributed by atoms with van der Waals surface area (Å²) in [6.07, 6.45) is 0. The van der Waals surface area contributed by atoms with Gasteiger partial charge in [-0.2, -0.15) is 0 Å². The number of hydrogen-bond donors (Lipinski definition) is 0. The first-order valence-electron chi connectivity index (χ1n) is 7.25. The standard InChI is InChI=1S/C20H14ClFO/c21-17-11-9-15(10-12-17)20(23)19(14-5-2-1-3-6-14)16-7-4-8-18(22)13-16/h1-13,19H. The van der Waals surface area contributed by atoms with E-state index in [-0.39, 0.29) is 11.6 Å². The summed E-state index contributed by atoms with van der Waals surface area (Å²) < 4.78 is 13.6. The molecule has 114 valence electrons. The Hall–Kier alpha value is -2.45. The molecule has 0 aliphatic rings. The summed E-state index contributed by atoms with van der Waals surface area (Å²) in [4.78, 5) is 13.0. The molecule has 0 bridgehead atoms. The second-order valence-corrected chi connectivity index (χ2v) is 5.71. The maximum atomic E-state index is 13.6. The summed E-state index contributed by atoms with van der Waals surface area (Å²) in [6.45, 7) is 0. The molecule has 0 aromatic heterocycles. The number of rotatable bonds is 4. The van der Waals surface area contributed by atoms with Gasteiger partial charge in [0.1, 0.15) is 5.82 Å². The number of hydrogen-bond acceptors (Lipinski definition) is 1. The van der Waals surface area contributed by atoms with Crippen LogP contribution in [0.5, 0.6) is 0 Å². The molecule has 3 aromatic carbocycles. The van der Waals surface area contributed by atoms with E-state index in [1.165, 1.54) is 12.1 Å². The molecule has 1 unspecified atom stereocenters. The lowest BCUT2D eigenvalue weighted by Crippen LogP contribution is -2.14. The average Bonchev–Trinajstić information content (AvgIpc) is 2.57. The molecule has 0 spiro atoms. The van der Waals surface area contributed by atoms with E-state index in [0.717, 1.165) is 5.56 Å². The topological polar surface area (TPSA) is 17.1 Å². The third-order valence-corrected chi connectivity index (χ3v) is 3.96. The van der Waals surface area contributed by atoms with E-state index in [1.54, 1.807) is 36.4 Å². The Bertz CT molecular complexity index is 813. The van der Waals surface area contributed by atoms with Crippen molar-refractivity contribution in [1.29, 1.82) is 0 Å². The van der Waals surface area contributed by atoms with E-state index in [9.17, 15) is 9.18 Å². The minimum absolute atomic E-state index is 0.0848. The first-order chi connectivity index (χ1) is 11.1. The highest BCUT2D eigenvalue weighted by Gasteiger charge is 2.24. The predicted octanol–water partition coefficient (Wildman–Crippen LogP) is 5.49. The largest absolute Gasteiger partial charge is 0.293 e. The van der Waals surface area contributed by atoms with Crippen molar-refractivity contribution in [2.45, 2.75) is 5.92 Å². The Morgan fingerprint density at radius 2 is 1.48 bits per heavy atom. The monoisotopic (exact) mass is 324 g/mol. The summed E-state index contributed by atoms with van der Waals surface area (Å²) in [5.41, 5.74) is 2.02. The summed E-state index contributed by atoms with van der Waals surface area (Å²) in [5, 5.41) is 0.573. The Morgan fingerprint density at radius 1 is 0.826 bits per heavy atom. The molecule has 23 heavy (non-hydrogen) atoms. The number of ketones is 1. The van der Waals surface area contributed by atoms with Gasteiger partial charge in [0.15, 0.2) is 5.78 Å². The van der Waals surface area contributed by atoms with Gasteiger partial charge in [-0.05, 0) is 47.5 Å². The SMILES string of the molecule is O=C(c1ccc(Cl)cc1)C(c1ccccc1)c1cccc(F)c1. The van der Waals surface area contributed by atoms with Gasteiger partial charge in [0.2, 0.25) is 0 Å². The smallest absolute Gasteiger partial charge is 0.174 e. The third-order valence-electron chi connectivity index (χ3n) is 3.71. The highest BCUT2D eigenvalue weighted by atomic mass is 35.5. The van der Waals surface area contributed by atoms with E-state index in [1.807, 2.05) is 30.3 Å². The number of carbonyl (C=O) groups excluding carboxylic acids is 1. The van der Waals surface area contributed by atoms with Crippen molar-refractivity contribution in [2.75, 3.05) is 0 Å². The predicted molar refractivity (Wildman–Crippen MR) is 90.5 cm³/mol. The van der Waals surface area contributed by atoms with Crippen LogP contribution < -0.4 is 0 Å². The maximum absolute atomic E-state index is 13.6. The van der Waals surface area contributed by atoms with Crippen molar-refractivity contribution in [3.8, 4) is 0 Å². The van der Waals surface area contributed by atoms with Gasteiger partial charge in [0.25, 0.3) is 0 Å². The molecule has 0 aliphatic heterocycles. The number of carbonyl (C=O) groups is 1. The minimum Gasteiger partial charge on any atom is -0.293 e. The quantitative estimate of drug-likeness (QED) is 0.580. The van der Waals surface area contributed by atoms with Gasteiger partial charge < -0.3 is 0 Å². The van der Waals surface area contributed by atoms with Crippen molar-refractivity contribution in [2.24, 2.45) is 0 Å². The molecule has 0 saturated carbocycles. The van der Waals surface area contributed by atoms with Gasteiger partial charge in [-0.25, -0.2) is 4.39 Å². The highest BCUT2D eigenvalue weighted by Crippen LogP contribution is 2.29. The van der Waals surface area contributed by atoms with Crippen LogP contribution in [0.15, 0.2) is 78.9 Å². The molecule has 0 heterocycles. The van der Waals surface area contributed by atoms with E-state index >= 15 is 0 Å². The molecule has 3 heteroatoms. The van der Waals surface area contributed by atoms with Crippen LogP contribution in [0.4, 0.5) is 4.39 Å². The van der Waals surface area contributed by atoms with Crippen molar-refractivity contribution < 1.29 is 9.18 Å². The second-order valence-electron chi connectivity index (χ2n) is 5.27. The Kier molecular flexibility index (Phi) is 4.54. The highest BCUT2D eigenvalue weighted by molar-refractivity contribution is 6.30. The molecular weight excluding hydrogens is 311 g/mol. The summed E-state index contributed by atoms with van der Waals surface area (Å²) >= 11 is 5.89. The fourth-order valence-corrected chi connectivity index (χ4v) is 2.73. The number of benzene rings is 3. The third kappa shape index (κ3) is 3.49. The molecule has 0 fully saturated rings. The molecule has 3 aromatic rings. The molecule has 1 nitrogen and oxygen atoms in total. The fourth-order valence-electron chi connectivity index (χ4n) is 2.61. The molecule has 0 N–H and O–H groups in total. The van der Waals surface area contributed by atoms with E-state index < -0.39 is 5.92 Å². The van der Waals surface area contributed by atoms with Gasteiger partial charge in [0.05, 0.1) is 5.92 Å². The Morgan fingerprint density at radius 3 is 2.13 bits per heavy atom. The first-order valence-corrected chi connectivity index (χ1v) is 7.63. The van der Waals surface area contributed by atoms with Gasteiger partial charge >= 0.3 is 0 Å². The lowest BCUT2D eigenvalue weighted by atomic mass is 9.85. The number of Topliss-reactive ketones (excluding diaryl/α,β-unsaturated/α-hetero) is 1. The zero-order chi connectivity index (χ0) is 16.2. The molecule has 0 amide bonds. The van der Waals surface area contributed by atoms with Crippen molar-refractivity contribution in [1.82, 2.24) is 0 Å². The van der Waals surface area contributed by atoms with Crippen LogP contribution in [0.3, 0.4) is 0 Å². The van der Waals surface area contributed by atoms with Gasteiger partial charge in [-0.3, -0.25) is 4.79 Å². The zero-order valence-electron chi connectivity index (χ0n) is 12.2. The van der Waals surface area contributed by atoms with Crippen LogP contribution in [-0.4, -0.2) is 5.78 Å². The van der Waals surface area contributed by atoms with E-state index in [0.29, 0.717) is 16.1 Å². The van der Waals surface area contributed by atoms with Crippen LogP contribution in [0.1, 0.15) is 27.4 Å². The molecular formula is C20H14ClFO. The van der Waals surface area contributed by atoms with Crippen molar-refractivity contribution >= 4 is 17.4 Å². The molecule has 0 aliphatic carbocycles. The van der Waals surface area contributed by atoms with Crippen molar-refractivity contribution in [3.05, 3.63) is 106 Å². The molecule has 0 radical (unpaired) electrons. The molecule has 3 rings (SSSR count). The summed E-state index contributed by atoms with van der Waals surface area (Å²) in [5.74, 6) is -0.987. The molecule has 1 atom stereocenters. The van der Waals surface area contributed by atoms with Crippen LogP contribution in [0, 0.1) is 5.82 Å². The van der Waals surface area contributed by atoms with Crippen molar-refractivity contribution in [3.63, 3.8) is 0 Å². The summed E-state index contributed by atoms with van der Waals surface area (Å²) in [7, 11) is 0. The lowest BCUT2D eigenvalue weighted by Gasteiger charge is -2.17. The van der Waals surface area contributed by atoms with Gasteiger partial charge in [-0.1, -0.05) is 54.1 Å². The maximum Gasteiger partial charge on any atom is 0.174 e. The minimum atomic E-state index is -0.548. The van der Waals surface area contributed by atoms with Crippen LogP contribution in [0.2, 0.25) is 5.02 Å². The van der Waals surface area contributed by atoms with Gasteiger partial charge in [-0.15, -0.1) is 0 Å². The van der Waals surface area contributed by atoms with Crippen LogP contribution in [-0.2, 0) is 0 Å². The fraction of sp³-hybridized carbons (Fsp3) is 0.0500. The number of halogens is 2. The Labute approximate surface area is 139 Å². The lowest BCUT2D eigenvalue weighted by molar-refractivity contribution is 0.0974. The van der Waals surface area contributed by atoms with E-state index in [2.05, 4.69) is 0 Å². The normalized spacial score (nSPS) is 11.9. The first kappa shape index (κ1) is 15.4. The summed E-state index contributed by atoms with van der Waals surface area (Å²) in [6, 6.07) is 22.3.